The summed E-state index contributed by atoms with van der Waals surface area (Å²) in [6.45, 7) is 5.20. The highest BCUT2D eigenvalue weighted by atomic mass is 16.3. The fourth-order valence-corrected chi connectivity index (χ4v) is 2.30. The van der Waals surface area contributed by atoms with Gasteiger partial charge in [0.1, 0.15) is 0 Å². The van der Waals surface area contributed by atoms with E-state index in [9.17, 15) is 4.79 Å². The van der Waals surface area contributed by atoms with E-state index in [1.54, 1.807) is 6.92 Å². The Balaban J connectivity index is 2.02. The van der Waals surface area contributed by atoms with Crippen LogP contribution in [0.25, 0.3) is 0 Å². The third-order valence-corrected chi connectivity index (χ3v) is 3.43. The molecule has 4 heteroatoms. The molecule has 1 N–H and O–H groups in total. The lowest BCUT2D eigenvalue weighted by Crippen LogP contribution is -2.33. The molecule has 0 aromatic heterocycles. The molecule has 1 aliphatic heterocycles. The number of hydrogen-bond donors (Lipinski definition) is 1. The van der Waals surface area contributed by atoms with Crippen LogP contribution in [0, 0.1) is 0 Å². The Morgan fingerprint density at radius 3 is 2.50 bits per heavy atom. The van der Waals surface area contributed by atoms with E-state index < -0.39 is 0 Å². The van der Waals surface area contributed by atoms with Gasteiger partial charge >= 0.3 is 0 Å². The van der Waals surface area contributed by atoms with Crippen LogP contribution in [-0.4, -0.2) is 42.1 Å². The lowest BCUT2D eigenvalue weighted by molar-refractivity contribution is -0.128. The van der Waals surface area contributed by atoms with Gasteiger partial charge < -0.3 is 14.9 Å². The first-order chi connectivity index (χ1) is 8.70. The van der Waals surface area contributed by atoms with Crippen molar-refractivity contribution >= 4 is 11.6 Å². The number of nitrogens with zero attached hydrogens (tertiary/aromatic N) is 2. The molecule has 18 heavy (non-hydrogen) atoms. The van der Waals surface area contributed by atoms with Crippen molar-refractivity contribution in [1.82, 2.24) is 4.90 Å². The van der Waals surface area contributed by atoms with Crippen molar-refractivity contribution in [3.63, 3.8) is 0 Å². The van der Waals surface area contributed by atoms with Gasteiger partial charge in [-0.2, -0.15) is 0 Å². The highest BCUT2D eigenvalue weighted by molar-refractivity contribution is 5.73. The van der Waals surface area contributed by atoms with Gasteiger partial charge in [0.05, 0.1) is 6.61 Å². The van der Waals surface area contributed by atoms with Gasteiger partial charge in [0.25, 0.3) is 0 Å². The summed E-state index contributed by atoms with van der Waals surface area (Å²) in [4.78, 5) is 15.6. The maximum absolute atomic E-state index is 11.4. The minimum absolute atomic E-state index is 0.0817. The molecule has 0 aliphatic carbocycles. The van der Waals surface area contributed by atoms with Gasteiger partial charge in [-0.1, -0.05) is 12.1 Å². The molecule has 4 nitrogen and oxygen atoms in total. The fourth-order valence-electron chi connectivity index (χ4n) is 2.30. The summed E-state index contributed by atoms with van der Waals surface area (Å²) >= 11 is 0. The van der Waals surface area contributed by atoms with Gasteiger partial charge in [0, 0.05) is 38.8 Å². The van der Waals surface area contributed by atoms with Gasteiger partial charge in [-0.05, 0) is 24.1 Å². The first-order valence-corrected chi connectivity index (χ1v) is 6.41. The van der Waals surface area contributed by atoms with E-state index in [1.165, 1.54) is 0 Å². The maximum Gasteiger partial charge on any atom is 0.219 e. The Kier molecular flexibility index (Phi) is 4.20. The standard InChI is InChI=1S/C14H20N2O2/c1-12(18)15-7-2-8-16(10-9-15)14-5-3-13(11-17)4-6-14/h3-6,17H,2,7-11H2,1H3. The van der Waals surface area contributed by atoms with E-state index in [4.69, 9.17) is 5.11 Å². The Morgan fingerprint density at radius 2 is 1.89 bits per heavy atom. The van der Waals surface area contributed by atoms with E-state index in [0.717, 1.165) is 43.9 Å². The second-order valence-electron chi connectivity index (χ2n) is 4.67. The molecule has 0 atom stereocenters. The van der Waals surface area contributed by atoms with Crippen LogP contribution in [0.3, 0.4) is 0 Å². The molecule has 0 spiro atoms. The summed E-state index contributed by atoms with van der Waals surface area (Å²) in [5.74, 6) is 0.160. The Morgan fingerprint density at radius 1 is 1.17 bits per heavy atom. The number of anilines is 1. The highest BCUT2D eigenvalue weighted by Crippen LogP contribution is 2.17. The smallest absolute Gasteiger partial charge is 0.219 e. The predicted octanol–water partition coefficient (Wildman–Crippen LogP) is 1.24. The molecular weight excluding hydrogens is 228 g/mol. The molecule has 1 saturated heterocycles. The summed E-state index contributed by atoms with van der Waals surface area (Å²) in [5.41, 5.74) is 2.09. The molecule has 1 heterocycles. The molecule has 1 aromatic rings. The molecule has 0 unspecified atom stereocenters. The van der Waals surface area contributed by atoms with Crippen LogP contribution in [0.5, 0.6) is 0 Å². The van der Waals surface area contributed by atoms with Crippen LogP contribution < -0.4 is 4.90 Å². The number of benzene rings is 1. The van der Waals surface area contributed by atoms with E-state index in [1.807, 2.05) is 29.2 Å². The number of hydrogen-bond acceptors (Lipinski definition) is 3. The number of carbonyl (C=O) groups excluding carboxylic acids is 1. The summed E-state index contributed by atoms with van der Waals surface area (Å²) in [6, 6.07) is 7.97. The Labute approximate surface area is 108 Å². The number of amides is 1. The topological polar surface area (TPSA) is 43.8 Å². The average Bonchev–Trinajstić information content (AvgIpc) is 2.64. The molecule has 1 fully saturated rings. The lowest BCUT2D eigenvalue weighted by atomic mass is 10.2. The second-order valence-corrected chi connectivity index (χ2v) is 4.67. The van der Waals surface area contributed by atoms with Gasteiger partial charge in [-0.25, -0.2) is 0 Å². The minimum atomic E-state index is 0.0817. The molecule has 98 valence electrons. The van der Waals surface area contributed by atoms with Crippen LogP contribution in [0.1, 0.15) is 18.9 Å². The van der Waals surface area contributed by atoms with Crippen molar-refractivity contribution in [3.8, 4) is 0 Å². The zero-order valence-corrected chi connectivity index (χ0v) is 10.8. The van der Waals surface area contributed by atoms with Crippen LogP contribution in [0.4, 0.5) is 5.69 Å². The van der Waals surface area contributed by atoms with Crippen molar-refractivity contribution < 1.29 is 9.90 Å². The first kappa shape index (κ1) is 12.9. The lowest BCUT2D eigenvalue weighted by Gasteiger charge is -2.23. The summed E-state index contributed by atoms with van der Waals surface area (Å²) in [7, 11) is 0. The minimum Gasteiger partial charge on any atom is -0.392 e. The molecule has 2 rings (SSSR count). The SMILES string of the molecule is CC(=O)N1CCCN(c2ccc(CO)cc2)CC1. The summed E-state index contributed by atoms with van der Waals surface area (Å²) in [5, 5.41) is 9.02. The van der Waals surface area contributed by atoms with Crippen LogP contribution in [0.15, 0.2) is 24.3 Å². The van der Waals surface area contributed by atoms with E-state index in [2.05, 4.69) is 4.90 Å². The molecule has 1 aliphatic rings. The van der Waals surface area contributed by atoms with Crippen molar-refractivity contribution in [2.24, 2.45) is 0 Å². The fraction of sp³-hybridized carbons (Fsp3) is 0.500. The predicted molar refractivity (Wildman–Crippen MR) is 71.4 cm³/mol. The largest absolute Gasteiger partial charge is 0.392 e. The Hall–Kier alpha value is -1.55. The molecule has 0 saturated carbocycles. The van der Waals surface area contributed by atoms with E-state index in [-0.39, 0.29) is 12.5 Å². The van der Waals surface area contributed by atoms with Gasteiger partial charge in [0.2, 0.25) is 5.91 Å². The normalized spacial score (nSPS) is 16.6. The molecule has 0 bridgehead atoms. The van der Waals surface area contributed by atoms with Gasteiger partial charge in [-0.3, -0.25) is 4.79 Å². The monoisotopic (exact) mass is 248 g/mol. The van der Waals surface area contributed by atoms with E-state index >= 15 is 0 Å². The quantitative estimate of drug-likeness (QED) is 0.856. The second kappa shape index (κ2) is 5.87. The highest BCUT2D eigenvalue weighted by Gasteiger charge is 2.16. The summed E-state index contributed by atoms with van der Waals surface area (Å²) < 4.78 is 0. The molecule has 1 aromatic carbocycles. The van der Waals surface area contributed by atoms with Crippen molar-refractivity contribution in [1.29, 1.82) is 0 Å². The van der Waals surface area contributed by atoms with Crippen molar-refractivity contribution in [2.75, 3.05) is 31.1 Å². The van der Waals surface area contributed by atoms with E-state index in [0.29, 0.717) is 0 Å². The van der Waals surface area contributed by atoms with Crippen LogP contribution in [-0.2, 0) is 11.4 Å². The van der Waals surface area contributed by atoms with Crippen molar-refractivity contribution in [2.45, 2.75) is 20.0 Å². The van der Waals surface area contributed by atoms with Crippen LogP contribution in [0.2, 0.25) is 0 Å². The Bertz CT molecular complexity index is 403. The zero-order valence-electron chi connectivity index (χ0n) is 10.8. The number of carbonyl (C=O) groups is 1. The summed E-state index contributed by atoms with van der Waals surface area (Å²) in [6.07, 6.45) is 1.00. The average molecular weight is 248 g/mol. The number of aliphatic hydroxyl groups excluding tert-OH is 1. The molecule has 0 radical (unpaired) electrons. The zero-order chi connectivity index (χ0) is 13.0. The third-order valence-electron chi connectivity index (χ3n) is 3.43. The van der Waals surface area contributed by atoms with Crippen molar-refractivity contribution in [3.05, 3.63) is 29.8 Å². The van der Waals surface area contributed by atoms with Gasteiger partial charge in [-0.15, -0.1) is 0 Å². The first-order valence-electron chi connectivity index (χ1n) is 6.41. The maximum atomic E-state index is 11.4. The van der Waals surface area contributed by atoms with Crippen LogP contribution >= 0.6 is 0 Å². The molecule has 1 amide bonds. The third kappa shape index (κ3) is 3.01. The number of aliphatic hydroxyl groups is 1. The number of rotatable bonds is 2. The molecular formula is C14H20N2O2. The van der Waals surface area contributed by atoms with Gasteiger partial charge in [0.15, 0.2) is 0 Å².